The van der Waals surface area contributed by atoms with E-state index in [1.807, 2.05) is 0 Å². The van der Waals surface area contributed by atoms with E-state index in [2.05, 4.69) is 0 Å². The van der Waals surface area contributed by atoms with Crippen molar-refractivity contribution in [2.24, 2.45) is 0 Å². The Morgan fingerprint density at radius 3 is 0.143 bits per heavy atom. The molecule has 0 aromatic carbocycles. The first kappa shape index (κ1) is 156. The maximum absolute atomic E-state index is 0. The average Bonchev–Trinajstić information content (AvgIpc) is 0. The molecule has 0 atom stereocenters. The monoisotopic (exact) mass is 581 g/mol. The van der Waals surface area contributed by atoms with Crippen molar-refractivity contribution < 1.29 is 255 Å². The van der Waals surface area contributed by atoms with E-state index in [1.54, 1.807) is 0 Å². The fourth-order valence-corrected chi connectivity index (χ4v) is 0. The minimum absolute atomic E-state index is 0. The predicted molar refractivity (Wildman–Crippen MR) is 10.8 cm³/mol. The van der Waals surface area contributed by atoms with Crippen molar-refractivity contribution >= 4 is 0 Å². The summed E-state index contributed by atoms with van der Waals surface area (Å²) in [7, 11) is 0. The molecule has 0 fully saturated rings. The van der Waals surface area contributed by atoms with E-state index in [4.69, 9.17) is 0 Å². The second kappa shape index (κ2) is 135. The summed E-state index contributed by atoms with van der Waals surface area (Å²) >= 11 is 0. The third-order valence-electron chi connectivity index (χ3n) is 0. The summed E-state index contributed by atoms with van der Waals surface area (Å²) in [6, 6.07) is 0. The van der Waals surface area contributed by atoms with Gasteiger partial charge in [0.2, 0.25) is 0 Å². The van der Waals surface area contributed by atoms with Crippen LogP contribution < -0.4 is 0 Å². The van der Waals surface area contributed by atoms with E-state index in [-0.39, 0.29) is 255 Å². The summed E-state index contributed by atoms with van der Waals surface area (Å²) in [6.07, 6.45) is 0. The van der Waals surface area contributed by atoms with Gasteiger partial charge in [0.1, 0.15) is 0 Å². The van der Waals surface area contributed by atoms with Gasteiger partial charge < -0.3 is 16.4 Å². The maximum atomic E-state index is 0. The molecule has 0 radical (unpaired) electrons. The molecule has 0 aliphatic heterocycles. The Balaban J connectivity index is 0. The van der Waals surface area contributed by atoms with Gasteiger partial charge in [0.15, 0.2) is 0 Å². The molecule has 0 aliphatic carbocycles. The molecule has 0 rings (SSSR count). The zero-order chi connectivity index (χ0) is 0. The van der Waals surface area contributed by atoms with Crippen molar-refractivity contribution in [2.45, 2.75) is 0 Å². The average molecular weight is 581 g/mol. The molecule has 0 bridgehead atoms. The quantitative estimate of drug-likeness (QED) is 0.284. The van der Waals surface area contributed by atoms with Crippen LogP contribution in [0.25, 0.3) is 0 Å². The fourth-order valence-electron chi connectivity index (χ4n) is 0. The minimum atomic E-state index is 0. The van der Waals surface area contributed by atoms with Crippen molar-refractivity contribution in [1.29, 1.82) is 0 Å². The summed E-state index contributed by atoms with van der Waals surface area (Å²) < 4.78 is 0. The van der Waals surface area contributed by atoms with Crippen LogP contribution in [0.2, 0.25) is 0 Å². The van der Waals surface area contributed by atoms with E-state index in [1.165, 1.54) is 0 Å². The number of hydrogen-bond acceptors (Lipinski definition) is 0. The topological polar surface area (TPSA) is 94.5 Å². The van der Waals surface area contributed by atoms with Crippen molar-refractivity contribution in [1.82, 2.24) is 0 Å². The summed E-state index contributed by atoms with van der Waals surface area (Å²) in [6.45, 7) is 0. The van der Waals surface area contributed by atoms with Crippen LogP contribution in [-0.2, 0) is 239 Å². The Morgan fingerprint density at radius 2 is 0.143 bits per heavy atom. The molecule has 14 heteroatoms. The minimum Gasteiger partial charge on any atom is -0.412 e. The third kappa shape index (κ3) is 116. The third-order valence-corrected chi connectivity index (χ3v) is 0. The Morgan fingerprint density at radius 1 is 0.143 bits per heavy atom. The standard InChI is InChI=1S/3H2O.11Ti/h3*1H2;;;;;;;;;;;. The molecule has 0 aromatic rings. The van der Waals surface area contributed by atoms with Crippen LogP contribution in [0, 0.1) is 0 Å². The van der Waals surface area contributed by atoms with Gasteiger partial charge in [0.25, 0.3) is 0 Å². The largest absolute Gasteiger partial charge is 0.412 e. The predicted octanol–water partition coefficient (Wildman–Crippen LogP) is -2.50. The Bertz CT molecular complexity index is 10.5. The summed E-state index contributed by atoms with van der Waals surface area (Å²) in [5, 5.41) is 0. The summed E-state index contributed by atoms with van der Waals surface area (Å²) in [5.41, 5.74) is 0. The first-order valence-corrected chi connectivity index (χ1v) is 0. The van der Waals surface area contributed by atoms with Gasteiger partial charge >= 0.3 is 0 Å². The molecular formula is H6O3Ti11. The van der Waals surface area contributed by atoms with Crippen molar-refractivity contribution in [3.8, 4) is 0 Å². The van der Waals surface area contributed by atoms with Gasteiger partial charge in [-0.15, -0.1) is 0 Å². The van der Waals surface area contributed by atoms with Crippen molar-refractivity contribution in [3.05, 3.63) is 0 Å². The van der Waals surface area contributed by atoms with Crippen LogP contribution >= 0.6 is 0 Å². The van der Waals surface area contributed by atoms with Gasteiger partial charge in [-0.25, -0.2) is 0 Å². The molecule has 0 saturated carbocycles. The Kier molecular flexibility index (Phi) is 1510. The Hall–Kier alpha value is 7.74. The molecule has 0 aliphatic rings. The van der Waals surface area contributed by atoms with Crippen molar-refractivity contribution in [2.75, 3.05) is 0 Å². The number of rotatable bonds is 0. The first-order valence-electron chi connectivity index (χ1n) is 0. The molecule has 0 amide bonds. The van der Waals surface area contributed by atoms with E-state index < -0.39 is 0 Å². The van der Waals surface area contributed by atoms with Gasteiger partial charge in [-0.05, 0) is 0 Å². The summed E-state index contributed by atoms with van der Waals surface area (Å²) in [4.78, 5) is 0. The molecule has 0 aromatic heterocycles. The van der Waals surface area contributed by atoms with Crippen molar-refractivity contribution in [3.63, 3.8) is 0 Å². The molecule has 0 heterocycles. The normalized spacial score (nSPS) is 0. The maximum Gasteiger partial charge on any atom is 0 e. The van der Waals surface area contributed by atoms with E-state index in [0.717, 1.165) is 0 Å². The molecule has 6 N–H and O–H groups in total. The molecular weight excluding hydrogens is 575 g/mol. The molecule has 14 heavy (non-hydrogen) atoms. The first-order chi connectivity index (χ1) is 0. The van der Waals surface area contributed by atoms with Gasteiger partial charge in [0, 0.05) is 239 Å². The second-order valence-corrected chi connectivity index (χ2v) is 0. The smallest absolute Gasteiger partial charge is 0 e. The fraction of sp³-hybridized carbons (Fsp3) is 0. The van der Waals surface area contributed by atoms with Crippen LogP contribution in [0.1, 0.15) is 0 Å². The van der Waals surface area contributed by atoms with Gasteiger partial charge in [-0.3, -0.25) is 0 Å². The zero-order valence-corrected chi connectivity index (χ0v) is 24.2. The summed E-state index contributed by atoms with van der Waals surface area (Å²) in [5.74, 6) is 0. The molecule has 0 saturated heterocycles. The van der Waals surface area contributed by atoms with Crippen LogP contribution in [0.15, 0.2) is 0 Å². The second-order valence-electron chi connectivity index (χ2n) is 0. The van der Waals surface area contributed by atoms with Crippen LogP contribution in [0.5, 0.6) is 0 Å². The Labute approximate surface area is 249 Å². The van der Waals surface area contributed by atoms with Gasteiger partial charge in [-0.2, -0.15) is 0 Å². The van der Waals surface area contributed by atoms with E-state index in [0.29, 0.717) is 0 Å². The molecule has 68 valence electrons. The molecule has 0 unspecified atom stereocenters. The van der Waals surface area contributed by atoms with Crippen LogP contribution in [0.4, 0.5) is 0 Å². The van der Waals surface area contributed by atoms with E-state index >= 15 is 0 Å². The van der Waals surface area contributed by atoms with Crippen LogP contribution in [0.3, 0.4) is 0 Å². The van der Waals surface area contributed by atoms with Crippen LogP contribution in [-0.4, -0.2) is 16.4 Å². The SMILES string of the molecule is O.O.O.[Ti].[Ti].[Ti].[Ti].[Ti].[Ti].[Ti].[Ti].[Ti].[Ti].[Ti]. The van der Waals surface area contributed by atoms with Gasteiger partial charge in [-0.1, -0.05) is 0 Å². The molecule has 3 nitrogen and oxygen atoms in total. The molecule has 0 spiro atoms. The van der Waals surface area contributed by atoms with Gasteiger partial charge in [0.05, 0.1) is 0 Å². The number of hydrogen-bond donors (Lipinski definition) is 0. The zero-order valence-electron chi connectivity index (χ0n) is 7.00. The van der Waals surface area contributed by atoms with E-state index in [9.17, 15) is 0 Å².